The highest BCUT2D eigenvalue weighted by atomic mass is 16.5. The molecule has 3 aliphatic heterocycles. The van der Waals surface area contributed by atoms with Crippen molar-refractivity contribution < 1.29 is 14.2 Å². The van der Waals surface area contributed by atoms with E-state index < -0.39 is 0 Å². The predicted molar refractivity (Wildman–Crippen MR) is 115 cm³/mol. The summed E-state index contributed by atoms with van der Waals surface area (Å²) in [6, 6.07) is 16.4. The van der Waals surface area contributed by atoms with Crippen LogP contribution >= 0.6 is 0 Å². The van der Waals surface area contributed by atoms with E-state index in [1.807, 2.05) is 36.4 Å². The zero-order valence-electron chi connectivity index (χ0n) is 15.9. The van der Waals surface area contributed by atoms with Gasteiger partial charge in [0.15, 0.2) is 0 Å². The number of benzene rings is 3. The highest BCUT2D eigenvalue weighted by molar-refractivity contribution is 6.99. The van der Waals surface area contributed by atoms with Gasteiger partial charge in [0.25, 0.3) is 6.71 Å². The standard InChI is InChI=1S/C25H17BO3/c1-14-5-2-6-15(11-14)16-12-21-25-22(13-16)29-20-10-4-8-18-24(20)26(25)23-17(27-18)7-3-9-19(23)28-21/h2-4,6-14H,5H2,1H3. The van der Waals surface area contributed by atoms with Crippen molar-refractivity contribution in [3.63, 3.8) is 0 Å². The molecule has 3 nitrogen and oxygen atoms in total. The second kappa shape index (κ2) is 5.35. The van der Waals surface area contributed by atoms with E-state index in [2.05, 4.69) is 37.3 Å². The monoisotopic (exact) mass is 376 g/mol. The molecule has 138 valence electrons. The molecule has 0 bridgehead atoms. The largest absolute Gasteiger partial charge is 0.458 e. The van der Waals surface area contributed by atoms with Crippen LogP contribution in [0.15, 0.2) is 66.8 Å². The average Bonchev–Trinajstić information content (AvgIpc) is 2.73. The van der Waals surface area contributed by atoms with E-state index in [-0.39, 0.29) is 6.71 Å². The molecule has 7 rings (SSSR count). The van der Waals surface area contributed by atoms with Crippen molar-refractivity contribution in [2.45, 2.75) is 13.3 Å². The van der Waals surface area contributed by atoms with Crippen molar-refractivity contribution in [2.75, 3.05) is 0 Å². The van der Waals surface area contributed by atoms with Gasteiger partial charge >= 0.3 is 0 Å². The van der Waals surface area contributed by atoms with Crippen LogP contribution in [-0.2, 0) is 0 Å². The van der Waals surface area contributed by atoms with Crippen LogP contribution in [0.25, 0.3) is 5.57 Å². The van der Waals surface area contributed by atoms with Gasteiger partial charge in [0.05, 0.1) is 0 Å². The van der Waals surface area contributed by atoms with E-state index in [9.17, 15) is 0 Å². The first-order valence-electron chi connectivity index (χ1n) is 10.1. The van der Waals surface area contributed by atoms with Crippen LogP contribution in [-0.4, -0.2) is 6.71 Å². The maximum atomic E-state index is 6.40. The summed E-state index contributed by atoms with van der Waals surface area (Å²) < 4.78 is 19.0. The van der Waals surface area contributed by atoms with Gasteiger partial charge < -0.3 is 14.2 Å². The third-order valence-corrected chi connectivity index (χ3v) is 6.28. The first kappa shape index (κ1) is 15.5. The Bertz CT molecular complexity index is 1210. The Balaban J connectivity index is 1.51. The zero-order chi connectivity index (χ0) is 19.1. The van der Waals surface area contributed by atoms with Crippen molar-refractivity contribution >= 4 is 28.7 Å². The van der Waals surface area contributed by atoms with E-state index in [0.717, 1.165) is 62.9 Å². The molecule has 3 aromatic carbocycles. The summed E-state index contributed by atoms with van der Waals surface area (Å²) in [5.74, 6) is 5.76. The Kier molecular flexibility index (Phi) is 2.86. The molecule has 1 aliphatic carbocycles. The minimum absolute atomic E-state index is 0.0810. The molecule has 0 fully saturated rings. The first-order valence-corrected chi connectivity index (χ1v) is 10.1. The Morgan fingerprint density at radius 2 is 1.28 bits per heavy atom. The fraction of sp³-hybridized carbons (Fsp3) is 0.120. The van der Waals surface area contributed by atoms with Crippen LogP contribution < -0.4 is 30.6 Å². The highest BCUT2D eigenvalue weighted by Crippen LogP contribution is 2.42. The van der Waals surface area contributed by atoms with Gasteiger partial charge in [-0.3, -0.25) is 0 Å². The van der Waals surface area contributed by atoms with E-state index in [0.29, 0.717) is 5.92 Å². The van der Waals surface area contributed by atoms with Gasteiger partial charge in [-0.15, -0.1) is 0 Å². The summed E-state index contributed by atoms with van der Waals surface area (Å²) in [7, 11) is 0. The predicted octanol–water partition coefficient (Wildman–Crippen LogP) is 4.50. The summed E-state index contributed by atoms with van der Waals surface area (Å²) >= 11 is 0. The maximum Gasteiger partial charge on any atom is 0.270 e. The highest BCUT2D eigenvalue weighted by Gasteiger charge is 2.46. The van der Waals surface area contributed by atoms with Crippen molar-refractivity contribution in [1.29, 1.82) is 0 Å². The van der Waals surface area contributed by atoms with Gasteiger partial charge in [0.1, 0.15) is 34.5 Å². The van der Waals surface area contributed by atoms with Gasteiger partial charge in [0.2, 0.25) is 0 Å². The molecule has 0 N–H and O–H groups in total. The van der Waals surface area contributed by atoms with Crippen LogP contribution in [0.2, 0.25) is 0 Å². The SMILES string of the molecule is CC1C=C(c2cc3c4c(c2)Oc2cccc5c2B4c2c(cccc2O3)O5)C=CC1. The molecule has 0 radical (unpaired) electrons. The van der Waals surface area contributed by atoms with Gasteiger partial charge in [-0.05, 0) is 59.9 Å². The van der Waals surface area contributed by atoms with Crippen LogP contribution in [0.5, 0.6) is 34.5 Å². The van der Waals surface area contributed by atoms with Crippen molar-refractivity contribution in [3.05, 3.63) is 72.3 Å². The Morgan fingerprint density at radius 3 is 1.83 bits per heavy atom. The number of ether oxygens (including phenoxy) is 3. The van der Waals surface area contributed by atoms with Gasteiger partial charge in [-0.1, -0.05) is 37.3 Å². The Morgan fingerprint density at radius 1 is 0.759 bits per heavy atom. The molecule has 0 saturated heterocycles. The van der Waals surface area contributed by atoms with Crippen molar-refractivity contribution in [2.24, 2.45) is 5.92 Å². The molecular formula is C25H17BO3. The molecule has 29 heavy (non-hydrogen) atoms. The quantitative estimate of drug-likeness (QED) is 0.396. The molecule has 0 spiro atoms. The number of hydrogen-bond acceptors (Lipinski definition) is 3. The lowest BCUT2D eigenvalue weighted by atomic mass is 9.34. The number of rotatable bonds is 1. The second-order valence-electron chi connectivity index (χ2n) is 8.20. The van der Waals surface area contributed by atoms with Crippen LogP contribution in [0.3, 0.4) is 0 Å². The average molecular weight is 376 g/mol. The molecule has 0 amide bonds. The number of allylic oxidation sites excluding steroid dienone is 4. The van der Waals surface area contributed by atoms with Crippen LogP contribution in [0.1, 0.15) is 18.9 Å². The minimum atomic E-state index is 0.0810. The fourth-order valence-electron chi connectivity index (χ4n) is 5.01. The first-order chi connectivity index (χ1) is 14.3. The van der Waals surface area contributed by atoms with Gasteiger partial charge in [-0.2, -0.15) is 0 Å². The lowest BCUT2D eigenvalue weighted by Gasteiger charge is -2.37. The topological polar surface area (TPSA) is 27.7 Å². The van der Waals surface area contributed by atoms with Crippen molar-refractivity contribution in [1.82, 2.24) is 0 Å². The summed E-state index contributed by atoms with van der Waals surface area (Å²) in [6.07, 6.45) is 7.86. The van der Waals surface area contributed by atoms with Crippen LogP contribution in [0, 0.1) is 5.92 Å². The summed E-state index contributed by atoms with van der Waals surface area (Å²) in [5.41, 5.74) is 5.66. The number of hydrogen-bond donors (Lipinski definition) is 0. The molecule has 0 aromatic heterocycles. The molecule has 4 aliphatic rings. The molecule has 3 aromatic rings. The zero-order valence-corrected chi connectivity index (χ0v) is 15.9. The van der Waals surface area contributed by atoms with E-state index in [1.54, 1.807) is 0 Å². The summed E-state index contributed by atoms with van der Waals surface area (Å²) in [6.45, 7) is 2.33. The molecule has 3 heterocycles. The lowest BCUT2D eigenvalue weighted by molar-refractivity contribution is 0.442. The molecule has 1 unspecified atom stereocenters. The molecule has 1 atom stereocenters. The molecular weight excluding hydrogens is 359 g/mol. The third-order valence-electron chi connectivity index (χ3n) is 6.28. The van der Waals surface area contributed by atoms with E-state index in [1.165, 1.54) is 5.57 Å². The van der Waals surface area contributed by atoms with Crippen LogP contribution in [0.4, 0.5) is 0 Å². The third kappa shape index (κ3) is 2.03. The second-order valence-corrected chi connectivity index (χ2v) is 8.20. The summed E-state index contributed by atoms with van der Waals surface area (Å²) in [5, 5.41) is 0. The minimum Gasteiger partial charge on any atom is -0.458 e. The Labute approximate surface area is 169 Å². The fourth-order valence-corrected chi connectivity index (χ4v) is 5.01. The van der Waals surface area contributed by atoms with Gasteiger partial charge in [-0.25, -0.2) is 0 Å². The van der Waals surface area contributed by atoms with Crippen molar-refractivity contribution in [3.8, 4) is 34.5 Å². The maximum absolute atomic E-state index is 6.40. The molecule has 4 heteroatoms. The smallest absolute Gasteiger partial charge is 0.270 e. The summed E-state index contributed by atoms with van der Waals surface area (Å²) in [4.78, 5) is 0. The van der Waals surface area contributed by atoms with E-state index >= 15 is 0 Å². The van der Waals surface area contributed by atoms with E-state index in [4.69, 9.17) is 14.2 Å². The Hall–Kier alpha value is -3.40. The lowest BCUT2D eigenvalue weighted by Crippen LogP contribution is -2.59. The van der Waals surface area contributed by atoms with Gasteiger partial charge in [0, 0.05) is 16.4 Å². The normalized spacial score (nSPS) is 18.9. The molecule has 0 saturated carbocycles.